The van der Waals surface area contributed by atoms with Gasteiger partial charge in [-0.15, -0.1) is 10.2 Å². The van der Waals surface area contributed by atoms with Crippen LogP contribution in [0.1, 0.15) is 16.2 Å². The number of halogens is 3. The quantitative estimate of drug-likeness (QED) is 0.468. The predicted octanol–water partition coefficient (Wildman–Crippen LogP) is 2.68. The standard InChI is InChI=1S/C12H9F3N4O4S/c1-18-10(12(13,14)15)16-17-11(18)24-8-4-3-6(19(21)22)5-7(8)9(20)23-2/h3-5H,1-2H3. The molecule has 1 aromatic heterocycles. The highest BCUT2D eigenvalue weighted by molar-refractivity contribution is 7.99. The van der Waals surface area contributed by atoms with Crippen molar-refractivity contribution >= 4 is 23.4 Å². The Morgan fingerprint density at radius 2 is 2.04 bits per heavy atom. The molecular weight excluding hydrogens is 353 g/mol. The van der Waals surface area contributed by atoms with E-state index in [-0.39, 0.29) is 21.3 Å². The fourth-order valence-corrected chi connectivity index (χ4v) is 2.63. The fraction of sp³-hybridized carbons (Fsp3) is 0.250. The summed E-state index contributed by atoms with van der Waals surface area (Å²) in [5.74, 6) is -2.06. The molecule has 0 aliphatic heterocycles. The maximum absolute atomic E-state index is 12.7. The van der Waals surface area contributed by atoms with Crippen LogP contribution in [-0.2, 0) is 18.0 Å². The van der Waals surface area contributed by atoms with Crippen LogP contribution in [0, 0.1) is 10.1 Å². The molecule has 0 aliphatic rings. The topological polar surface area (TPSA) is 100 Å². The van der Waals surface area contributed by atoms with Gasteiger partial charge in [0.25, 0.3) is 5.69 Å². The number of nitrogens with zero attached hydrogens (tertiary/aromatic N) is 4. The van der Waals surface area contributed by atoms with Crippen LogP contribution in [0.15, 0.2) is 28.3 Å². The van der Waals surface area contributed by atoms with E-state index in [0.717, 1.165) is 26.3 Å². The number of carbonyl (C=O) groups is 1. The monoisotopic (exact) mass is 362 g/mol. The second kappa shape index (κ2) is 6.47. The maximum Gasteiger partial charge on any atom is 0.451 e. The second-order valence-electron chi connectivity index (χ2n) is 4.39. The van der Waals surface area contributed by atoms with Gasteiger partial charge < -0.3 is 9.30 Å². The van der Waals surface area contributed by atoms with Crippen molar-refractivity contribution in [2.24, 2.45) is 7.05 Å². The number of nitro groups is 1. The molecule has 0 atom stereocenters. The van der Waals surface area contributed by atoms with E-state index in [1.54, 1.807) is 0 Å². The van der Waals surface area contributed by atoms with Crippen LogP contribution in [-0.4, -0.2) is 32.8 Å². The highest BCUT2D eigenvalue weighted by atomic mass is 32.2. The van der Waals surface area contributed by atoms with Gasteiger partial charge in [0, 0.05) is 24.1 Å². The zero-order chi connectivity index (χ0) is 18.1. The van der Waals surface area contributed by atoms with E-state index in [0.29, 0.717) is 16.3 Å². The molecule has 24 heavy (non-hydrogen) atoms. The molecule has 2 aromatic rings. The maximum atomic E-state index is 12.7. The summed E-state index contributed by atoms with van der Waals surface area (Å²) in [7, 11) is 2.20. The average molecular weight is 362 g/mol. The molecular formula is C12H9F3N4O4S. The van der Waals surface area contributed by atoms with Crippen molar-refractivity contribution in [1.82, 2.24) is 14.8 Å². The summed E-state index contributed by atoms with van der Waals surface area (Å²) >= 11 is 0.708. The van der Waals surface area contributed by atoms with Crippen LogP contribution >= 0.6 is 11.8 Å². The Balaban J connectivity index is 2.45. The molecule has 0 fully saturated rings. The Morgan fingerprint density at radius 3 is 2.54 bits per heavy atom. The van der Waals surface area contributed by atoms with E-state index in [1.807, 2.05) is 0 Å². The molecule has 0 saturated carbocycles. The SMILES string of the molecule is COC(=O)c1cc([N+](=O)[O-])ccc1Sc1nnc(C(F)(F)F)n1C. The lowest BCUT2D eigenvalue weighted by atomic mass is 10.2. The van der Waals surface area contributed by atoms with Crippen LogP contribution in [0.3, 0.4) is 0 Å². The first-order valence-electron chi connectivity index (χ1n) is 6.16. The lowest BCUT2D eigenvalue weighted by Crippen LogP contribution is -2.13. The normalized spacial score (nSPS) is 11.4. The number of alkyl halides is 3. The minimum absolute atomic E-state index is 0.138. The van der Waals surface area contributed by atoms with Crippen molar-refractivity contribution in [3.05, 3.63) is 39.7 Å². The van der Waals surface area contributed by atoms with Gasteiger partial charge in [-0.1, -0.05) is 0 Å². The zero-order valence-corrected chi connectivity index (χ0v) is 13.0. The minimum atomic E-state index is -4.68. The fourth-order valence-electron chi connectivity index (χ4n) is 1.74. The van der Waals surface area contributed by atoms with Gasteiger partial charge in [-0.3, -0.25) is 10.1 Å². The van der Waals surface area contributed by atoms with Crippen LogP contribution in [0.5, 0.6) is 0 Å². The third-order valence-corrected chi connectivity index (χ3v) is 3.98. The third kappa shape index (κ3) is 3.48. The molecule has 0 unspecified atom stereocenters. The molecule has 0 spiro atoms. The molecule has 0 radical (unpaired) electrons. The Labute approximate surface area is 136 Å². The Kier molecular flexibility index (Phi) is 4.78. The van der Waals surface area contributed by atoms with Crippen molar-refractivity contribution in [3.8, 4) is 0 Å². The molecule has 0 N–H and O–H groups in total. The molecule has 0 bridgehead atoms. The van der Waals surface area contributed by atoms with Gasteiger partial charge in [-0.05, 0) is 17.8 Å². The van der Waals surface area contributed by atoms with Gasteiger partial charge in [0.2, 0.25) is 5.82 Å². The number of nitro benzene ring substituents is 1. The Morgan fingerprint density at radius 1 is 1.38 bits per heavy atom. The number of non-ortho nitro benzene ring substituents is 1. The highest BCUT2D eigenvalue weighted by Crippen LogP contribution is 2.35. The summed E-state index contributed by atoms with van der Waals surface area (Å²) in [4.78, 5) is 22.0. The molecule has 8 nitrogen and oxygen atoms in total. The van der Waals surface area contributed by atoms with Crippen molar-refractivity contribution in [2.45, 2.75) is 16.2 Å². The molecule has 0 amide bonds. The number of esters is 1. The second-order valence-corrected chi connectivity index (χ2v) is 5.40. The summed E-state index contributed by atoms with van der Waals surface area (Å²) in [5.41, 5.74) is -0.512. The van der Waals surface area contributed by atoms with Gasteiger partial charge >= 0.3 is 12.1 Å². The molecule has 0 saturated heterocycles. The predicted molar refractivity (Wildman–Crippen MR) is 74.6 cm³/mol. The highest BCUT2D eigenvalue weighted by Gasteiger charge is 2.37. The first kappa shape index (κ1) is 17.7. The van der Waals surface area contributed by atoms with Crippen molar-refractivity contribution in [2.75, 3.05) is 7.11 Å². The first-order chi connectivity index (χ1) is 11.1. The van der Waals surface area contributed by atoms with Crippen LogP contribution in [0.2, 0.25) is 0 Å². The molecule has 12 heteroatoms. The van der Waals surface area contributed by atoms with E-state index in [4.69, 9.17) is 0 Å². The molecule has 128 valence electrons. The Hall–Kier alpha value is -2.63. The van der Waals surface area contributed by atoms with Gasteiger partial charge in [0.15, 0.2) is 5.16 Å². The van der Waals surface area contributed by atoms with Gasteiger partial charge in [0.05, 0.1) is 17.6 Å². The largest absolute Gasteiger partial charge is 0.465 e. The van der Waals surface area contributed by atoms with E-state index >= 15 is 0 Å². The van der Waals surface area contributed by atoms with Gasteiger partial charge in [-0.2, -0.15) is 13.2 Å². The van der Waals surface area contributed by atoms with Gasteiger partial charge in [0.1, 0.15) is 0 Å². The van der Waals surface area contributed by atoms with E-state index < -0.39 is 22.9 Å². The number of hydrogen-bond donors (Lipinski definition) is 0. The molecule has 1 heterocycles. The van der Waals surface area contributed by atoms with Crippen molar-refractivity contribution in [1.29, 1.82) is 0 Å². The molecule has 0 aliphatic carbocycles. The number of benzene rings is 1. The third-order valence-electron chi connectivity index (χ3n) is 2.87. The van der Waals surface area contributed by atoms with Crippen LogP contribution < -0.4 is 0 Å². The van der Waals surface area contributed by atoms with Crippen LogP contribution in [0.25, 0.3) is 0 Å². The number of aromatic nitrogens is 3. The van der Waals surface area contributed by atoms with E-state index in [2.05, 4.69) is 14.9 Å². The van der Waals surface area contributed by atoms with Crippen LogP contribution in [0.4, 0.5) is 18.9 Å². The number of methoxy groups -OCH3 is 1. The number of ether oxygens (including phenoxy) is 1. The van der Waals surface area contributed by atoms with Crippen molar-refractivity contribution < 1.29 is 27.6 Å². The number of rotatable bonds is 4. The Bertz CT molecular complexity index is 806. The summed E-state index contributed by atoms with van der Waals surface area (Å²) in [6, 6.07) is 3.34. The van der Waals surface area contributed by atoms with Gasteiger partial charge in [-0.25, -0.2) is 4.79 Å². The summed E-state index contributed by atoms with van der Waals surface area (Å²) in [6.45, 7) is 0. The van der Waals surface area contributed by atoms with Crippen molar-refractivity contribution in [3.63, 3.8) is 0 Å². The average Bonchev–Trinajstić information content (AvgIpc) is 2.87. The van der Waals surface area contributed by atoms with E-state index in [9.17, 15) is 28.1 Å². The smallest absolute Gasteiger partial charge is 0.451 e. The zero-order valence-electron chi connectivity index (χ0n) is 12.2. The lowest BCUT2D eigenvalue weighted by Gasteiger charge is -2.08. The number of carbonyl (C=O) groups excluding carboxylic acids is 1. The summed E-state index contributed by atoms with van der Waals surface area (Å²) in [6.07, 6.45) is -4.68. The molecule has 2 rings (SSSR count). The summed E-state index contributed by atoms with van der Waals surface area (Å²) in [5, 5.41) is 17.2. The minimum Gasteiger partial charge on any atom is -0.465 e. The number of hydrogen-bond acceptors (Lipinski definition) is 7. The molecule has 1 aromatic carbocycles. The lowest BCUT2D eigenvalue weighted by molar-refractivity contribution is -0.384. The van der Waals surface area contributed by atoms with E-state index in [1.165, 1.54) is 6.07 Å². The first-order valence-corrected chi connectivity index (χ1v) is 6.98. The summed E-state index contributed by atoms with van der Waals surface area (Å²) < 4.78 is 43.4.